The molecule has 1 aliphatic heterocycles. The van der Waals surface area contributed by atoms with Gasteiger partial charge >= 0.3 is 0 Å². The van der Waals surface area contributed by atoms with E-state index >= 15 is 0 Å². The Bertz CT molecular complexity index is 1060. The summed E-state index contributed by atoms with van der Waals surface area (Å²) in [6.45, 7) is 9.09. The first-order valence-corrected chi connectivity index (χ1v) is 11.3. The number of methoxy groups -OCH3 is 1. The van der Waals surface area contributed by atoms with Crippen molar-refractivity contribution in [3.8, 4) is 17.0 Å². The summed E-state index contributed by atoms with van der Waals surface area (Å²) in [5.41, 5.74) is 3.92. The number of amides is 1. The van der Waals surface area contributed by atoms with Gasteiger partial charge in [-0.15, -0.1) is 0 Å². The number of nitrogens with zero attached hydrogens (tertiary/aromatic N) is 3. The van der Waals surface area contributed by atoms with Crippen LogP contribution in [0.1, 0.15) is 48.7 Å². The summed E-state index contributed by atoms with van der Waals surface area (Å²) in [5.74, 6) is 2.13. The van der Waals surface area contributed by atoms with E-state index in [-0.39, 0.29) is 5.91 Å². The van der Waals surface area contributed by atoms with Gasteiger partial charge in [0.05, 0.1) is 7.11 Å². The molecule has 2 aromatic carbocycles. The van der Waals surface area contributed by atoms with Crippen LogP contribution in [0, 0.1) is 0 Å². The molecule has 6 nitrogen and oxygen atoms in total. The first-order chi connectivity index (χ1) is 15.5. The fourth-order valence-corrected chi connectivity index (χ4v) is 4.00. The van der Waals surface area contributed by atoms with Crippen molar-refractivity contribution in [3.63, 3.8) is 0 Å². The number of hydrogen-bond donors (Lipinski definition) is 0. The molecule has 0 bridgehead atoms. The minimum atomic E-state index is -0.0922. The first kappa shape index (κ1) is 21.9. The summed E-state index contributed by atoms with van der Waals surface area (Å²) in [6, 6.07) is 16.3. The number of aromatic nitrogens is 1. The molecule has 1 amide bonds. The zero-order valence-corrected chi connectivity index (χ0v) is 19.3. The average molecular weight is 434 g/mol. The van der Waals surface area contributed by atoms with Crippen molar-refractivity contribution in [3.05, 3.63) is 65.7 Å². The molecule has 168 valence electrons. The van der Waals surface area contributed by atoms with Crippen LogP contribution in [0.3, 0.4) is 0 Å². The van der Waals surface area contributed by atoms with E-state index in [1.54, 1.807) is 7.11 Å². The van der Waals surface area contributed by atoms with Crippen molar-refractivity contribution in [1.29, 1.82) is 0 Å². The average Bonchev–Trinajstić information content (AvgIpc) is 3.28. The Labute approximate surface area is 189 Å². The monoisotopic (exact) mass is 433 g/mol. The molecule has 1 aliphatic rings. The predicted molar refractivity (Wildman–Crippen MR) is 127 cm³/mol. The van der Waals surface area contributed by atoms with Gasteiger partial charge in [0.1, 0.15) is 11.4 Å². The minimum absolute atomic E-state index is 0.0922. The van der Waals surface area contributed by atoms with Crippen molar-refractivity contribution in [2.24, 2.45) is 0 Å². The predicted octanol–water partition coefficient (Wildman–Crippen LogP) is 5.00. The second kappa shape index (κ2) is 9.47. The SMILES string of the molecule is CCc1nc(-c2ccc(C(C)C)cc2)c(C(=O)N2CCN(c3cccc(OC)c3)CC2)o1. The van der Waals surface area contributed by atoms with E-state index in [0.717, 1.165) is 30.1 Å². The van der Waals surface area contributed by atoms with Crippen LogP contribution in [0.25, 0.3) is 11.3 Å². The topological polar surface area (TPSA) is 58.8 Å². The Kier molecular flexibility index (Phi) is 6.49. The second-order valence-corrected chi connectivity index (χ2v) is 8.40. The van der Waals surface area contributed by atoms with E-state index in [4.69, 9.17) is 9.15 Å². The second-order valence-electron chi connectivity index (χ2n) is 8.40. The Balaban J connectivity index is 1.52. The van der Waals surface area contributed by atoms with Crippen molar-refractivity contribution < 1.29 is 13.9 Å². The molecule has 0 unspecified atom stereocenters. The highest BCUT2D eigenvalue weighted by atomic mass is 16.5. The third kappa shape index (κ3) is 4.49. The lowest BCUT2D eigenvalue weighted by molar-refractivity contribution is 0.0714. The first-order valence-electron chi connectivity index (χ1n) is 11.3. The summed E-state index contributed by atoms with van der Waals surface area (Å²) in [5, 5.41) is 0. The fraction of sp³-hybridized carbons (Fsp3) is 0.385. The van der Waals surface area contributed by atoms with Gasteiger partial charge in [-0.2, -0.15) is 0 Å². The van der Waals surface area contributed by atoms with Crippen molar-refractivity contribution in [2.45, 2.75) is 33.1 Å². The highest BCUT2D eigenvalue weighted by Gasteiger charge is 2.28. The Morgan fingerprint density at radius 3 is 2.44 bits per heavy atom. The molecule has 3 aromatic rings. The van der Waals surface area contributed by atoms with Crippen molar-refractivity contribution in [2.75, 3.05) is 38.2 Å². The van der Waals surface area contributed by atoms with Gasteiger partial charge in [0.15, 0.2) is 5.89 Å². The van der Waals surface area contributed by atoms with Gasteiger partial charge in [0.2, 0.25) is 5.76 Å². The van der Waals surface area contributed by atoms with Crippen LogP contribution in [-0.4, -0.2) is 49.1 Å². The molecule has 1 saturated heterocycles. The number of carbonyl (C=O) groups excluding carboxylic acids is 1. The number of carbonyl (C=O) groups is 1. The number of benzene rings is 2. The maximum atomic E-state index is 13.4. The maximum absolute atomic E-state index is 13.4. The quantitative estimate of drug-likeness (QED) is 0.548. The third-order valence-electron chi connectivity index (χ3n) is 6.00. The number of hydrogen-bond acceptors (Lipinski definition) is 5. The summed E-state index contributed by atoms with van der Waals surface area (Å²) in [4.78, 5) is 22.2. The zero-order chi connectivity index (χ0) is 22.7. The van der Waals surface area contributed by atoms with Gasteiger partial charge in [-0.3, -0.25) is 4.79 Å². The standard InChI is InChI=1S/C26H31N3O3/c1-5-23-27-24(20-11-9-19(10-12-20)18(2)3)25(32-23)26(30)29-15-13-28(14-16-29)21-7-6-8-22(17-21)31-4/h6-12,17-18H,5,13-16H2,1-4H3. The molecule has 0 atom stereocenters. The molecule has 0 N–H and O–H groups in total. The van der Waals surface area contributed by atoms with Gasteiger partial charge in [-0.25, -0.2) is 4.98 Å². The smallest absolute Gasteiger partial charge is 0.292 e. The van der Waals surface area contributed by atoms with Gasteiger partial charge in [0, 0.05) is 49.9 Å². The highest BCUT2D eigenvalue weighted by Crippen LogP contribution is 2.28. The molecule has 32 heavy (non-hydrogen) atoms. The molecule has 1 fully saturated rings. The van der Waals surface area contributed by atoms with E-state index in [1.807, 2.05) is 42.2 Å². The van der Waals surface area contributed by atoms with Gasteiger partial charge in [-0.1, -0.05) is 51.1 Å². The van der Waals surface area contributed by atoms with Crippen molar-refractivity contribution >= 4 is 11.6 Å². The molecule has 4 rings (SSSR count). The molecular weight excluding hydrogens is 402 g/mol. The van der Waals surface area contributed by atoms with Crippen molar-refractivity contribution in [1.82, 2.24) is 9.88 Å². The van der Waals surface area contributed by atoms with E-state index in [2.05, 4.69) is 41.9 Å². The van der Waals surface area contributed by atoms with Crippen LogP contribution in [0.2, 0.25) is 0 Å². The summed E-state index contributed by atoms with van der Waals surface area (Å²) in [6.07, 6.45) is 0.647. The summed E-state index contributed by atoms with van der Waals surface area (Å²) in [7, 11) is 1.67. The number of oxazole rings is 1. The van der Waals surface area contributed by atoms with E-state index in [0.29, 0.717) is 42.8 Å². The summed E-state index contributed by atoms with van der Waals surface area (Å²) >= 11 is 0. The molecule has 0 saturated carbocycles. The lowest BCUT2D eigenvalue weighted by atomic mass is 10.0. The van der Waals surface area contributed by atoms with Gasteiger partial charge in [0.25, 0.3) is 5.91 Å². The van der Waals surface area contributed by atoms with Gasteiger partial charge < -0.3 is 19.0 Å². The number of anilines is 1. The zero-order valence-electron chi connectivity index (χ0n) is 19.3. The van der Waals surface area contributed by atoms with Crippen LogP contribution in [0.5, 0.6) is 5.75 Å². The molecule has 2 heterocycles. The van der Waals surface area contributed by atoms with E-state index < -0.39 is 0 Å². The van der Waals surface area contributed by atoms with E-state index in [1.165, 1.54) is 5.56 Å². The van der Waals surface area contributed by atoms with Crippen LogP contribution in [-0.2, 0) is 6.42 Å². The highest BCUT2D eigenvalue weighted by molar-refractivity contribution is 5.97. The normalized spacial score (nSPS) is 14.2. The molecular formula is C26H31N3O3. The van der Waals surface area contributed by atoms with Crippen LogP contribution in [0.15, 0.2) is 52.9 Å². The molecule has 6 heteroatoms. The van der Waals surface area contributed by atoms with Crippen LogP contribution < -0.4 is 9.64 Å². The number of ether oxygens (including phenoxy) is 1. The van der Waals surface area contributed by atoms with E-state index in [9.17, 15) is 4.79 Å². The Hall–Kier alpha value is -3.28. The number of rotatable bonds is 6. The Morgan fingerprint density at radius 2 is 1.81 bits per heavy atom. The fourth-order valence-electron chi connectivity index (χ4n) is 4.00. The summed E-state index contributed by atoms with van der Waals surface area (Å²) < 4.78 is 11.3. The lowest BCUT2D eigenvalue weighted by Crippen LogP contribution is -2.48. The third-order valence-corrected chi connectivity index (χ3v) is 6.00. The maximum Gasteiger partial charge on any atom is 0.292 e. The van der Waals surface area contributed by atoms with Crippen LogP contribution in [0.4, 0.5) is 5.69 Å². The lowest BCUT2D eigenvalue weighted by Gasteiger charge is -2.35. The molecule has 0 aliphatic carbocycles. The number of piperazine rings is 1. The number of aryl methyl sites for hydroxylation is 1. The molecule has 0 spiro atoms. The molecule has 0 radical (unpaired) electrons. The van der Waals surface area contributed by atoms with Crippen LogP contribution >= 0.6 is 0 Å². The molecule has 1 aromatic heterocycles. The van der Waals surface area contributed by atoms with Gasteiger partial charge in [-0.05, 0) is 23.6 Å². The Morgan fingerprint density at radius 1 is 1.09 bits per heavy atom. The largest absolute Gasteiger partial charge is 0.497 e. The minimum Gasteiger partial charge on any atom is -0.497 e.